The molecule has 0 amide bonds. The van der Waals surface area contributed by atoms with Crippen molar-refractivity contribution in [1.29, 1.82) is 0 Å². The Hall–Kier alpha value is -0.880. The summed E-state index contributed by atoms with van der Waals surface area (Å²) in [5, 5.41) is 0. The first-order chi connectivity index (χ1) is 11.3. The van der Waals surface area contributed by atoms with E-state index >= 15 is 0 Å². The molecule has 0 aromatic heterocycles. The molecule has 1 saturated heterocycles. The molecule has 1 fully saturated rings. The first-order valence-electron chi connectivity index (χ1n) is 8.56. The van der Waals surface area contributed by atoms with Crippen LogP contribution in [0.5, 0.6) is 0 Å². The van der Waals surface area contributed by atoms with Gasteiger partial charge < -0.3 is 9.13 Å². The van der Waals surface area contributed by atoms with Crippen LogP contribution in [0.4, 0.5) is 0 Å². The van der Waals surface area contributed by atoms with Crippen molar-refractivity contribution < 1.29 is 9.13 Å². The van der Waals surface area contributed by atoms with Gasteiger partial charge in [0, 0.05) is 29.1 Å². The highest BCUT2D eigenvalue weighted by Gasteiger charge is 2.67. The van der Waals surface area contributed by atoms with Crippen molar-refractivity contribution in [2.24, 2.45) is 5.92 Å². The average Bonchev–Trinajstić information content (AvgIpc) is 3.03. The van der Waals surface area contributed by atoms with Crippen LogP contribution in [0.3, 0.4) is 0 Å². The van der Waals surface area contributed by atoms with Gasteiger partial charge in [0.2, 0.25) is 0 Å². The first kappa shape index (κ1) is 16.6. The number of hydrogen-bond donors (Lipinski definition) is 0. The Morgan fingerprint density at radius 2 is 1.71 bits per heavy atom. The van der Waals surface area contributed by atoms with Gasteiger partial charge in [0.15, 0.2) is 7.29 Å². The molecule has 4 rings (SSSR count). The van der Waals surface area contributed by atoms with Gasteiger partial charge in [-0.05, 0) is 39.3 Å². The zero-order chi connectivity index (χ0) is 17.3. The summed E-state index contributed by atoms with van der Waals surface area (Å²) in [5.74, 6) is 2.20. The van der Waals surface area contributed by atoms with Gasteiger partial charge in [-0.1, -0.05) is 47.6 Å². The van der Waals surface area contributed by atoms with Crippen molar-refractivity contribution in [2.75, 3.05) is 14.1 Å². The van der Waals surface area contributed by atoms with Gasteiger partial charge in [-0.25, -0.2) is 0 Å². The summed E-state index contributed by atoms with van der Waals surface area (Å²) >= 11 is 0. The zero-order valence-electron chi connectivity index (χ0n) is 14.7. The second kappa shape index (κ2) is 5.31. The predicted molar refractivity (Wildman–Crippen MR) is 101 cm³/mol. The molecule has 0 saturated carbocycles. The first-order valence-corrected chi connectivity index (χ1v) is 12.4. The normalized spacial score (nSPS) is 43.0. The van der Waals surface area contributed by atoms with E-state index in [4.69, 9.17) is 0 Å². The Balaban J connectivity index is 1.81. The second-order valence-electron chi connectivity index (χ2n) is 7.75. The van der Waals surface area contributed by atoms with E-state index in [1.807, 2.05) is 42.8 Å². The van der Waals surface area contributed by atoms with Crippen LogP contribution >= 0.6 is 14.4 Å². The molecular weight excluding hydrogens is 336 g/mol. The molecule has 24 heavy (non-hydrogen) atoms. The van der Waals surface area contributed by atoms with Gasteiger partial charge in [0.25, 0.3) is 0 Å². The monoisotopic (exact) mass is 361 g/mol. The van der Waals surface area contributed by atoms with E-state index in [-0.39, 0.29) is 22.9 Å². The molecule has 0 aliphatic carbocycles. The lowest BCUT2D eigenvalue weighted by Gasteiger charge is -2.31. The summed E-state index contributed by atoms with van der Waals surface area (Å²) in [4.78, 5) is 0. The maximum Gasteiger partial charge on any atom is 0.175 e. The van der Waals surface area contributed by atoms with E-state index < -0.39 is 14.4 Å². The molecule has 3 heterocycles. The third-order valence-electron chi connectivity index (χ3n) is 6.17. The Labute approximate surface area is 144 Å². The van der Waals surface area contributed by atoms with Crippen LogP contribution < -0.4 is 0 Å². The van der Waals surface area contributed by atoms with Crippen LogP contribution in [-0.2, 0) is 15.3 Å². The number of hydrogen-bond acceptors (Lipinski definition) is 2. The smallest absolute Gasteiger partial charge is 0.175 e. The van der Waals surface area contributed by atoms with Gasteiger partial charge in [0.1, 0.15) is 7.14 Å². The Bertz CT molecular complexity index is 840. The van der Waals surface area contributed by atoms with Gasteiger partial charge in [-0.2, -0.15) is 0 Å². The van der Waals surface area contributed by atoms with Crippen LogP contribution in [0.25, 0.3) is 0 Å². The lowest BCUT2D eigenvalue weighted by Crippen LogP contribution is -2.31. The molecule has 0 N–H and O–H groups in total. The minimum Gasteiger partial charge on any atom is -0.322 e. The molecule has 3 aliphatic heterocycles. The van der Waals surface area contributed by atoms with Crippen molar-refractivity contribution in [3.8, 4) is 0 Å². The highest BCUT2D eigenvalue weighted by atomic mass is 31.2. The summed E-state index contributed by atoms with van der Waals surface area (Å²) in [6.45, 7) is 4.20. The Morgan fingerprint density at radius 3 is 2.33 bits per heavy atom. The van der Waals surface area contributed by atoms with Crippen LogP contribution in [0.1, 0.15) is 19.4 Å². The van der Waals surface area contributed by atoms with Crippen LogP contribution in [-0.4, -0.2) is 35.7 Å². The standard InChI is InChI=1S/C19H25NO2P2/c1-13-10-16-19-17(14(2)11-24(19,22)20(3)4)18(13)23(16,21)12-15-8-6-5-7-9-15/h5-11,16-19H,12H2,1-4H3/t16-,17-,18+,19+,23?,24?/m0/s1. The number of allylic oxidation sites excluding steroid dienone is 3. The van der Waals surface area contributed by atoms with Crippen molar-refractivity contribution in [3.05, 3.63) is 58.9 Å². The van der Waals surface area contributed by atoms with Gasteiger partial charge in [-0.3, -0.25) is 4.67 Å². The van der Waals surface area contributed by atoms with E-state index in [0.29, 0.717) is 6.16 Å². The SMILES string of the molecule is CC1=CP(=O)(N(C)C)[C@H]2[C@@H]1[C@H]1C(C)=C[C@@H]2P1(=O)Cc1ccccc1. The lowest BCUT2D eigenvalue weighted by atomic mass is 9.85. The fraction of sp³-hybridized carbons (Fsp3) is 0.474. The Kier molecular flexibility index (Phi) is 3.67. The molecule has 1 aromatic rings. The predicted octanol–water partition coefficient (Wildman–Crippen LogP) is 5.00. The van der Waals surface area contributed by atoms with Gasteiger partial charge >= 0.3 is 0 Å². The molecule has 1 aromatic carbocycles. The molecule has 2 unspecified atom stereocenters. The third-order valence-corrected chi connectivity index (χ3v) is 13.9. The van der Waals surface area contributed by atoms with Crippen LogP contribution in [0.15, 0.2) is 53.4 Å². The fourth-order valence-electron chi connectivity index (χ4n) is 5.22. The maximum absolute atomic E-state index is 14.2. The number of benzene rings is 1. The Morgan fingerprint density at radius 1 is 1.04 bits per heavy atom. The molecule has 3 nitrogen and oxygen atoms in total. The van der Waals surface area contributed by atoms with E-state index in [0.717, 1.165) is 5.56 Å². The summed E-state index contributed by atoms with van der Waals surface area (Å²) in [5.41, 5.74) is 3.64. The largest absolute Gasteiger partial charge is 0.322 e. The van der Waals surface area contributed by atoms with Crippen LogP contribution in [0.2, 0.25) is 0 Å². The van der Waals surface area contributed by atoms with Crippen molar-refractivity contribution >= 4 is 14.4 Å². The summed E-state index contributed by atoms with van der Waals surface area (Å²) in [6.07, 6.45) is 2.82. The quantitative estimate of drug-likeness (QED) is 0.561. The zero-order valence-corrected chi connectivity index (χ0v) is 16.5. The highest BCUT2D eigenvalue weighted by molar-refractivity contribution is 7.71. The maximum atomic E-state index is 14.2. The van der Waals surface area contributed by atoms with Crippen molar-refractivity contribution in [3.63, 3.8) is 0 Å². The fourth-order valence-corrected chi connectivity index (χ4v) is 14.2. The molecular formula is C19H25NO2P2. The molecule has 128 valence electrons. The van der Waals surface area contributed by atoms with Crippen molar-refractivity contribution in [1.82, 2.24) is 4.67 Å². The number of fused-ring (bicyclic) bond motifs is 5. The van der Waals surface area contributed by atoms with E-state index in [2.05, 4.69) is 32.1 Å². The van der Waals surface area contributed by atoms with Gasteiger partial charge in [0.05, 0.1) is 0 Å². The van der Waals surface area contributed by atoms with Gasteiger partial charge in [-0.15, -0.1) is 0 Å². The molecule has 0 radical (unpaired) electrons. The third kappa shape index (κ3) is 2.02. The molecule has 6 atom stereocenters. The van der Waals surface area contributed by atoms with Crippen molar-refractivity contribution in [2.45, 2.75) is 37.0 Å². The molecule has 0 spiro atoms. The average molecular weight is 361 g/mol. The number of nitrogens with zero attached hydrogens (tertiary/aromatic N) is 1. The summed E-state index contributed by atoms with van der Waals surface area (Å²) in [7, 11) is -1.29. The summed E-state index contributed by atoms with van der Waals surface area (Å²) in [6, 6.07) is 10.1. The highest BCUT2D eigenvalue weighted by Crippen LogP contribution is 2.83. The minimum absolute atomic E-state index is 0.00995. The minimum atomic E-state index is -2.60. The summed E-state index contributed by atoms with van der Waals surface area (Å²) < 4.78 is 29.7. The van der Waals surface area contributed by atoms with E-state index in [1.165, 1.54) is 11.1 Å². The van der Waals surface area contributed by atoms with Crippen LogP contribution in [0, 0.1) is 5.92 Å². The molecule has 5 heteroatoms. The van der Waals surface area contributed by atoms with E-state index in [1.54, 1.807) is 0 Å². The topological polar surface area (TPSA) is 37.4 Å². The second-order valence-corrected chi connectivity index (χ2v) is 13.9. The van der Waals surface area contributed by atoms with E-state index in [9.17, 15) is 9.13 Å². The number of rotatable bonds is 3. The molecule has 3 aliphatic rings. The lowest BCUT2D eigenvalue weighted by molar-refractivity contribution is 0.493. The molecule has 2 bridgehead atoms.